The van der Waals surface area contributed by atoms with E-state index in [9.17, 15) is 4.79 Å². The summed E-state index contributed by atoms with van der Waals surface area (Å²) in [5.74, 6) is 0.758. The highest BCUT2D eigenvalue weighted by Gasteiger charge is 2.28. The molecule has 0 aromatic rings. The molecule has 0 aliphatic carbocycles. The summed E-state index contributed by atoms with van der Waals surface area (Å²) in [6.07, 6.45) is 1.77. The lowest BCUT2D eigenvalue weighted by Crippen LogP contribution is -2.35. The number of nitrogens with zero attached hydrogens (tertiary/aromatic N) is 1. The van der Waals surface area contributed by atoms with E-state index in [1.54, 1.807) is 0 Å². The van der Waals surface area contributed by atoms with Gasteiger partial charge in [-0.3, -0.25) is 4.79 Å². The lowest BCUT2D eigenvalue weighted by molar-refractivity contribution is -0.131. The summed E-state index contributed by atoms with van der Waals surface area (Å²) in [5.41, 5.74) is 0.220. The van der Waals surface area contributed by atoms with Gasteiger partial charge in [-0.15, -0.1) is 0 Å². The molecule has 1 heterocycles. The Kier molecular flexibility index (Phi) is 4.36. The molecule has 16 heavy (non-hydrogen) atoms. The number of hydrogen-bond donors (Lipinski definition) is 1. The quantitative estimate of drug-likeness (QED) is 0.797. The molecule has 94 valence electrons. The second-order valence-electron chi connectivity index (χ2n) is 6.09. The van der Waals surface area contributed by atoms with Crippen molar-refractivity contribution in [2.24, 2.45) is 11.3 Å². The molecule has 3 heteroatoms. The summed E-state index contributed by atoms with van der Waals surface area (Å²) in [6.45, 7) is 10.6. The molecule has 1 N–H and O–H groups in total. The van der Waals surface area contributed by atoms with Gasteiger partial charge in [0.2, 0.25) is 5.91 Å². The number of likely N-dealkylation sites (tertiary alicyclic amines) is 1. The van der Waals surface area contributed by atoms with Crippen molar-refractivity contribution in [1.29, 1.82) is 0 Å². The van der Waals surface area contributed by atoms with Crippen LogP contribution in [0.4, 0.5) is 0 Å². The maximum atomic E-state index is 12.1. The van der Waals surface area contributed by atoms with Crippen LogP contribution in [0, 0.1) is 11.3 Å². The number of likely N-dealkylation sites (N-methyl/N-ethyl adjacent to an activating group) is 1. The molecule has 2 atom stereocenters. The molecule has 1 saturated heterocycles. The summed E-state index contributed by atoms with van der Waals surface area (Å²) >= 11 is 0. The van der Waals surface area contributed by atoms with Crippen LogP contribution in [0.5, 0.6) is 0 Å². The standard InChI is InChI=1S/C13H26N2O/c1-10(13(2,3)4)8-12(16)15-7-6-11(9-15)14-5/h10-11,14H,6-9H2,1-5H3. The van der Waals surface area contributed by atoms with E-state index < -0.39 is 0 Å². The minimum atomic E-state index is 0.220. The van der Waals surface area contributed by atoms with Gasteiger partial charge < -0.3 is 10.2 Å². The Morgan fingerprint density at radius 1 is 1.50 bits per heavy atom. The van der Waals surface area contributed by atoms with Gasteiger partial charge in [-0.2, -0.15) is 0 Å². The van der Waals surface area contributed by atoms with Crippen LogP contribution in [0.25, 0.3) is 0 Å². The molecule has 1 amide bonds. The third kappa shape index (κ3) is 3.48. The fourth-order valence-electron chi connectivity index (χ4n) is 1.92. The largest absolute Gasteiger partial charge is 0.341 e. The highest BCUT2D eigenvalue weighted by molar-refractivity contribution is 5.76. The van der Waals surface area contributed by atoms with Crippen molar-refractivity contribution < 1.29 is 4.79 Å². The second-order valence-corrected chi connectivity index (χ2v) is 6.09. The first kappa shape index (κ1) is 13.5. The van der Waals surface area contributed by atoms with Gasteiger partial charge in [0.1, 0.15) is 0 Å². The maximum absolute atomic E-state index is 12.1. The molecule has 0 saturated carbocycles. The topological polar surface area (TPSA) is 32.3 Å². The number of rotatable bonds is 3. The highest BCUT2D eigenvalue weighted by atomic mass is 16.2. The molecule has 1 aliphatic heterocycles. The van der Waals surface area contributed by atoms with Crippen LogP contribution in [0.3, 0.4) is 0 Å². The predicted octanol–water partition coefficient (Wildman–Crippen LogP) is 1.88. The lowest BCUT2D eigenvalue weighted by Gasteiger charge is -2.28. The molecule has 3 nitrogen and oxygen atoms in total. The summed E-state index contributed by atoms with van der Waals surface area (Å²) in [6, 6.07) is 0.494. The highest BCUT2D eigenvalue weighted by Crippen LogP contribution is 2.28. The minimum absolute atomic E-state index is 0.220. The first-order valence-electron chi connectivity index (χ1n) is 6.29. The Hall–Kier alpha value is -0.570. The van der Waals surface area contributed by atoms with Gasteiger partial charge in [-0.1, -0.05) is 27.7 Å². The molecule has 0 spiro atoms. The molecular weight excluding hydrogens is 200 g/mol. The second kappa shape index (κ2) is 5.17. The fraction of sp³-hybridized carbons (Fsp3) is 0.923. The zero-order valence-electron chi connectivity index (χ0n) is 11.3. The van der Waals surface area contributed by atoms with E-state index in [-0.39, 0.29) is 5.41 Å². The molecule has 0 aromatic carbocycles. The van der Waals surface area contributed by atoms with Crippen molar-refractivity contribution in [1.82, 2.24) is 10.2 Å². The van der Waals surface area contributed by atoms with Gasteiger partial charge in [0.05, 0.1) is 0 Å². The first-order chi connectivity index (χ1) is 7.34. The summed E-state index contributed by atoms with van der Waals surface area (Å²) in [5, 5.41) is 3.24. The monoisotopic (exact) mass is 226 g/mol. The van der Waals surface area contributed by atoms with Crippen molar-refractivity contribution in [3.05, 3.63) is 0 Å². The molecule has 0 bridgehead atoms. The van der Waals surface area contributed by atoms with E-state index in [0.717, 1.165) is 19.5 Å². The molecule has 0 radical (unpaired) electrons. The van der Waals surface area contributed by atoms with Crippen LogP contribution in [0.1, 0.15) is 40.5 Å². The number of amides is 1. The van der Waals surface area contributed by atoms with Crippen LogP contribution in [-0.4, -0.2) is 37.0 Å². The minimum Gasteiger partial charge on any atom is -0.341 e. The number of carbonyl (C=O) groups excluding carboxylic acids is 1. The third-order valence-electron chi connectivity index (χ3n) is 3.91. The summed E-state index contributed by atoms with van der Waals surface area (Å²) in [7, 11) is 1.97. The molecule has 0 aromatic heterocycles. The van der Waals surface area contributed by atoms with Gasteiger partial charge in [0.15, 0.2) is 0 Å². The number of carbonyl (C=O) groups is 1. The van der Waals surface area contributed by atoms with Crippen LogP contribution in [0.2, 0.25) is 0 Å². The summed E-state index contributed by atoms with van der Waals surface area (Å²) in [4.78, 5) is 14.1. The smallest absolute Gasteiger partial charge is 0.222 e. The molecular formula is C13H26N2O. The normalized spacial score (nSPS) is 23.6. The van der Waals surface area contributed by atoms with Crippen molar-refractivity contribution in [2.75, 3.05) is 20.1 Å². The zero-order valence-corrected chi connectivity index (χ0v) is 11.3. The number of nitrogens with one attached hydrogen (secondary N) is 1. The van der Waals surface area contributed by atoms with Gasteiger partial charge in [-0.05, 0) is 24.8 Å². The Balaban J connectivity index is 2.42. The van der Waals surface area contributed by atoms with E-state index in [2.05, 4.69) is 33.0 Å². The van der Waals surface area contributed by atoms with Crippen molar-refractivity contribution >= 4 is 5.91 Å². The van der Waals surface area contributed by atoms with Gasteiger partial charge in [-0.25, -0.2) is 0 Å². The Morgan fingerprint density at radius 3 is 2.56 bits per heavy atom. The SMILES string of the molecule is CNC1CCN(C(=O)CC(C)C(C)(C)C)C1. The Morgan fingerprint density at radius 2 is 2.12 bits per heavy atom. The van der Waals surface area contributed by atoms with E-state index in [1.165, 1.54) is 0 Å². The first-order valence-corrected chi connectivity index (χ1v) is 6.29. The average Bonchev–Trinajstić information content (AvgIpc) is 2.64. The van der Waals surface area contributed by atoms with E-state index >= 15 is 0 Å². The van der Waals surface area contributed by atoms with E-state index in [4.69, 9.17) is 0 Å². The van der Waals surface area contributed by atoms with Gasteiger partial charge in [0, 0.05) is 25.6 Å². The van der Waals surface area contributed by atoms with Crippen LogP contribution >= 0.6 is 0 Å². The van der Waals surface area contributed by atoms with Crippen molar-refractivity contribution in [2.45, 2.75) is 46.6 Å². The fourth-order valence-corrected chi connectivity index (χ4v) is 1.92. The van der Waals surface area contributed by atoms with Crippen molar-refractivity contribution in [3.63, 3.8) is 0 Å². The Labute approximate surface area is 99.6 Å². The Bertz CT molecular complexity index is 245. The predicted molar refractivity (Wildman–Crippen MR) is 67.3 cm³/mol. The van der Waals surface area contributed by atoms with Gasteiger partial charge >= 0.3 is 0 Å². The lowest BCUT2D eigenvalue weighted by atomic mass is 9.80. The molecule has 1 aliphatic rings. The van der Waals surface area contributed by atoms with Crippen LogP contribution in [-0.2, 0) is 4.79 Å². The maximum Gasteiger partial charge on any atom is 0.222 e. The van der Waals surface area contributed by atoms with E-state index in [0.29, 0.717) is 24.3 Å². The van der Waals surface area contributed by atoms with Gasteiger partial charge in [0.25, 0.3) is 0 Å². The summed E-state index contributed by atoms with van der Waals surface area (Å²) < 4.78 is 0. The van der Waals surface area contributed by atoms with Crippen molar-refractivity contribution in [3.8, 4) is 0 Å². The molecule has 1 rings (SSSR count). The number of hydrogen-bond acceptors (Lipinski definition) is 2. The molecule has 2 unspecified atom stereocenters. The molecule has 1 fully saturated rings. The average molecular weight is 226 g/mol. The zero-order chi connectivity index (χ0) is 12.3. The third-order valence-corrected chi connectivity index (χ3v) is 3.91. The van der Waals surface area contributed by atoms with E-state index in [1.807, 2.05) is 11.9 Å². The van der Waals surface area contributed by atoms with Crippen LogP contribution in [0.15, 0.2) is 0 Å². The van der Waals surface area contributed by atoms with Crippen LogP contribution < -0.4 is 5.32 Å².